The molecule has 0 aliphatic carbocycles. The number of carbonyl (C=O) groups is 1. The summed E-state index contributed by atoms with van der Waals surface area (Å²) in [4.78, 5) is 15.3. The van der Waals surface area contributed by atoms with Crippen molar-refractivity contribution in [2.75, 3.05) is 13.1 Å². The molecule has 2 amide bonds. The van der Waals surface area contributed by atoms with Crippen molar-refractivity contribution in [2.24, 2.45) is 5.73 Å². The van der Waals surface area contributed by atoms with E-state index in [4.69, 9.17) is 5.73 Å². The molecule has 2 aromatic rings. The number of primary amides is 1. The van der Waals surface area contributed by atoms with E-state index in [2.05, 4.69) is 23.2 Å². The Morgan fingerprint density at radius 1 is 1.11 bits per heavy atom. The molecule has 1 saturated heterocycles. The number of fused-ring (bicyclic) bond motifs is 1. The minimum Gasteiger partial charge on any atom is -0.361 e. The highest BCUT2D eigenvalue weighted by atomic mass is 16.2. The van der Waals surface area contributed by atoms with Crippen molar-refractivity contribution in [2.45, 2.75) is 19.3 Å². The normalized spacial score (nSPS) is 15.0. The molecule has 0 radical (unpaired) electrons. The molecule has 0 atom stereocenters. The van der Waals surface area contributed by atoms with E-state index in [1.807, 2.05) is 18.3 Å². The minimum atomic E-state index is -0.269. The van der Waals surface area contributed by atoms with Gasteiger partial charge in [-0.25, -0.2) is 4.79 Å². The SMILES string of the molecule is NC(=O)N1CCCCC1.c1ccc2[nH]ccc2c1. The molecule has 4 heteroatoms. The molecule has 18 heavy (non-hydrogen) atoms. The smallest absolute Gasteiger partial charge is 0.314 e. The number of para-hydroxylation sites is 1. The number of likely N-dealkylation sites (tertiary alicyclic amines) is 1. The first-order valence-electron chi connectivity index (χ1n) is 6.34. The fourth-order valence-electron chi connectivity index (χ4n) is 2.11. The molecular formula is C14H19N3O. The number of hydrogen-bond donors (Lipinski definition) is 2. The lowest BCUT2D eigenvalue weighted by Crippen LogP contribution is -2.39. The number of piperidine rings is 1. The molecule has 3 rings (SSSR count). The summed E-state index contributed by atoms with van der Waals surface area (Å²) in [5.74, 6) is 0. The Morgan fingerprint density at radius 2 is 1.83 bits per heavy atom. The second-order valence-electron chi connectivity index (χ2n) is 4.45. The van der Waals surface area contributed by atoms with Crippen LogP contribution in [0.15, 0.2) is 36.5 Å². The van der Waals surface area contributed by atoms with Crippen LogP contribution in [0.1, 0.15) is 19.3 Å². The highest BCUT2D eigenvalue weighted by Gasteiger charge is 2.11. The lowest BCUT2D eigenvalue weighted by atomic mass is 10.1. The first kappa shape index (κ1) is 12.5. The zero-order valence-corrected chi connectivity index (χ0v) is 10.4. The zero-order valence-electron chi connectivity index (χ0n) is 10.4. The van der Waals surface area contributed by atoms with Gasteiger partial charge >= 0.3 is 6.03 Å². The van der Waals surface area contributed by atoms with E-state index in [-0.39, 0.29) is 6.03 Å². The van der Waals surface area contributed by atoms with E-state index in [1.165, 1.54) is 17.3 Å². The molecule has 1 aromatic carbocycles. The Bertz CT molecular complexity index is 470. The quantitative estimate of drug-likeness (QED) is 0.736. The summed E-state index contributed by atoms with van der Waals surface area (Å²) in [5.41, 5.74) is 6.26. The number of rotatable bonds is 0. The zero-order chi connectivity index (χ0) is 12.8. The summed E-state index contributed by atoms with van der Waals surface area (Å²) < 4.78 is 0. The molecule has 4 nitrogen and oxygen atoms in total. The van der Waals surface area contributed by atoms with Crippen LogP contribution in [0.4, 0.5) is 4.79 Å². The van der Waals surface area contributed by atoms with Gasteiger partial charge in [-0.3, -0.25) is 0 Å². The molecule has 0 spiro atoms. The average Bonchev–Trinajstić information content (AvgIpc) is 2.89. The third-order valence-electron chi connectivity index (χ3n) is 3.13. The van der Waals surface area contributed by atoms with Gasteiger partial charge in [0.1, 0.15) is 0 Å². The number of aromatic amines is 1. The fourth-order valence-corrected chi connectivity index (χ4v) is 2.11. The van der Waals surface area contributed by atoms with Gasteiger partial charge in [0, 0.05) is 24.8 Å². The van der Waals surface area contributed by atoms with Crippen LogP contribution in [-0.2, 0) is 0 Å². The van der Waals surface area contributed by atoms with Gasteiger partial charge in [-0.1, -0.05) is 18.2 Å². The first-order chi connectivity index (χ1) is 8.77. The third-order valence-corrected chi connectivity index (χ3v) is 3.13. The van der Waals surface area contributed by atoms with Crippen molar-refractivity contribution in [3.8, 4) is 0 Å². The summed E-state index contributed by atoms with van der Waals surface area (Å²) in [6.45, 7) is 1.71. The van der Waals surface area contributed by atoms with Crippen LogP contribution in [0.25, 0.3) is 10.9 Å². The van der Waals surface area contributed by atoms with E-state index in [0.29, 0.717) is 0 Å². The number of benzene rings is 1. The molecule has 1 aromatic heterocycles. The van der Waals surface area contributed by atoms with E-state index < -0.39 is 0 Å². The Morgan fingerprint density at radius 3 is 2.44 bits per heavy atom. The van der Waals surface area contributed by atoms with E-state index in [0.717, 1.165) is 25.9 Å². The monoisotopic (exact) mass is 245 g/mol. The molecule has 96 valence electrons. The van der Waals surface area contributed by atoms with Crippen molar-refractivity contribution in [1.82, 2.24) is 9.88 Å². The number of H-pyrrole nitrogens is 1. The molecular weight excluding hydrogens is 226 g/mol. The van der Waals surface area contributed by atoms with E-state index >= 15 is 0 Å². The van der Waals surface area contributed by atoms with Gasteiger partial charge in [0.25, 0.3) is 0 Å². The fraction of sp³-hybridized carbons (Fsp3) is 0.357. The van der Waals surface area contributed by atoms with Gasteiger partial charge in [0.15, 0.2) is 0 Å². The van der Waals surface area contributed by atoms with Crippen LogP contribution in [0, 0.1) is 0 Å². The van der Waals surface area contributed by atoms with Crippen molar-refractivity contribution in [3.05, 3.63) is 36.5 Å². The predicted octanol–water partition coefficient (Wildman–Crippen LogP) is 2.72. The number of nitrogens with one attached hydrogen (secondary N) is 1. The third kappa shape index (κ3) is 3.26. The Hall–Kier alpha value is -1.97. The van der Waals surface area contributed by atoms with Crippen molar-refractivity contribution >= 4 is 16.9 Å². The van der Waals surface area contributed by atoms with Gasteiger partial charge in [-0.15, -0.1) is 0 Å². The van der Waals surface area contributed by atoms with Crippen LogP contribution in [0.3, 0.4) is 0 Å². The van der Waals surface area contributed by atoms with Gasteiger partial charge in [-0.05, 0) is 36.8 Å². The van der Waals surface area contributed by atoms with Crippen molar-refractivity contribution in [3.63, 3.8) is 0 Å². The second-order valence-corrected chi connectivity index (χ2v) is 4.45. The van der Waals surface area contributed by atoms with Crippen LogP contribution in [0.2, 0.25) is 0 Å². The molecule has 3 N–H and O–H groups in total. The van der Waals surface area contributed by atoms with Crippen LogP contribution in [0.5, 0.6) is 0 Å². The highest BCUT2D eigenvalue weighted by Crippen LogP contribution is 2.09. The highest BCUT2D eigenvalue weighted by molar-refractivity contribution is 5.78. The van der Waals surface area contributed by atoms with Crippen molar-refractivity contribution < 1.29 is 4.79 Å². The molecule has 1 aliphatic rings. The summed E-state index contributed by atoms with van der Waals surface area (Å²) in [7, 11) is 0. The molecule has 0 bridgehead atoms. The summed E-state index contributed by atoms with van der Waals surface area (Å²) in [5, 5.41) is 1.28. The standard InChI is InChI=1S/C8H7N.C6H12N2O/c1-2-4-8-7(3-1)5-6-9-8;7-6(9)8-4-2-1-3-5-8/h1-6,9H;1-5H2,(H2,7,9). The second kappa shape index (κ2) is 6.10. The molecule has 2 heterocycles. The Labute approximate surface area is 107 Å². The maximum Gasteiger partial charge on any atom is 0.314 e. The number of carbonyl (C=O) groups excluding carboxylic acids is 1. The molecule has 0 saturated carbocycles. The largest absolute Gasteiger partial charge is 0.361 e. The van der Waals surface area contributed by atoms with E-state index in [1.54, 1.807) is 4.90 Å². The first-order valence-corrected chi connectivity index (χ1v) is 6.34. The lowest BCUT2D eigenvalue weighted by molar-refractivity contribution is 0.196. The van der Waals surface area contributed by atoms with Crippen LogP contribution >= 0.6 is 0 Å². The Balaban J connectivity index is 0.000000134. The maximum absolute atomic E-state index is 10.5. The van der Waals surface area contributed by atoms with Crippen LogP contribution in [-0.4, -0.2) is 29.0 Å². The summed E-state index contributed by atoms with van der Waals surface area (Å²) in [6.07, 6.45) is 5.42. The molecule has 1 aliphatic heterocycles. The topological polar surface area (TPSA) is 62.1 Å². The number of urea groups is 1. The number of amides is 2. The molecule has 0 unspecified atom stereocenters. The number of nitrogens with two attached hydrogens (primary N) is 1. The predicted molar refractivity (Wildman–Crippen MR) is 73.3 cm³/mol. The summed E-state index contributed by atoms with van der Waals surface area (Å²) >= 11 is 0. The van der Waals surface area contributed by atoms with Gasteiger partial charge in [-0.2, -0.15) is 0 Å². The number of nitrogens with zero attached hydrogens (tertiary/aromatic N) is 1. The number of hydrogen-bond acceptors (Lipinski definition) is 1. The van der Waals surface area contributed by atoms with Gasteiger partial charge < -0.3 is 15.6 Å². The number of aromatic nitrogens is 1. The van der Waals surface area contributed by atoms with Gasteiger partial charge in [0.05, 0.1) is 0 Å². The summed E-state index contributed by atoms with van der Waals surface area (Å²) in [6, 6.07) is 10.0. The van der Waals surface area contributed by atoms with Crippen molar-refractivity contribution in [1.29, 1.82) is 0 Å². The van der Waals surface area contributed by atoms with E-state index in [9.17, 15) is 4.79 Å². The lowest BCUT2D eigenvalue weighted by Gasteiger charge is -2.24. The Kier molecular flexibility index (Phi) is 4.23. The van der Waals surface area contributed by atoms with Gasteiger partial charge in [0.2, 0.25) is 0 Å². The minimum absolute atomic E-state index is 0.269. The average molecular weight is 245 g/mol. The van der Waals surface area contributed by atoms with Crippen LogP contribution < -0.4 is 5.73 Å². The molecule has 1 fully saturated rings. The maximum atomic E-state index is 10.5.